The van der Waals surface area contributed by atoms with Crippen molar-refractivity contribution >= 4 is 28.1 Å². The second-order valence-corrected chi connectivity index (χ2v) is 6.38. The molecule has 0 aliphatic heterocycles. The number of aliphatic carboxylic acids is 1. The average Bonchev–Trinajstić information content (AvgIpc) is 3.06. The largest absolute Gasteiger partial charge is 0.481 e. The van der Waals surface area contributed by atoms with Crippen molar-refractivity contribution in [2.75, 3.05) is 11.9 Å². The summed E-state index contributed by atoms with van der Waals surface area (Å²) in [5.41, 5.74) is 3.14. The Morgan fingerprint density at radius 1 is 1.43 bits per heavy atom. The molecule has 21 heavy (non-hydrogen) atoms. The number of nitrogens with zero attached hydrogens (tertiary/aromatic N) is 2. The minimum Gasteiger partial charge on any atom is -0.481 e. The van der Waals surface area contributed by atoms with Gasteiger partial charge in [0.1, 0.15) is 5.92 Å². The predicted octanol–water partition coefficient (Wildman–Crippen LogP) is 3.59. The van der Waals surface area contributed by atoms with Crippen LogP contribution in [-0.2, 0) is 17.6 Å². The molecule has 1 N–H and O–H groups in total. The lowest BCUT2D eigenvalue weighted by Crippen LogP contribution is -2.11. The summed E-state index contributed by atoms with van der Waals surface area (Å²) < 4.78 is 0. The average molecular weight is 302 g/mol. The van der Waals surface area contributed by atoms with Crippen molar-refractivity contribution in [1.82, 2.24) is 4.98 Å². The number of hydrogen-bond donors (Lipinski definition) is 1. The van der Waals surface area contributed by atoms with E-state index >= 15 is 0 Å². The molecule has 3 rings (SSSR count). The molecule has 2 aromatic rings. The number of fused-ring (bicyclic) bond motifs is 1. The number of aryl methyl sites for hydroxylation is 2. The third-order valence-corrected chi connectivity index (χ3v) is 5.23. The quantitative estimate of drug-likeness (QED) is 0.937. The Bertz CT molecular complexity index is 663. The van der Waals surface area contributed by atoms with Gasteiger partial charge in [-0.25, -0.2) is 4.98 Å². The number of rotatable bonds is 4. The van der Waals surface area contributed by atoms with Crippen LogP contribution in [0.15, 0.2) is 24.3 Å². The molecule has 1 aliphatic rings. The van der Waals surface area contributed by atoms with E-state index < -0.39 is 11.9 Å². The molecule has 1 aliphatic carbocycles. The number of benzene rings is 1. The first-order valence-electron chi connectivity index (χ1n) is 7.15. The van der Waals surface area contributed by atoms with Crippen LogP contribution in [0.25, 0.3) is 0 Å². The zero-order valence-electron chi connectivity index (χ0n) is 12.2. The van der Waals surface area contributed by atoms with E-state index in [0.29, 0.717) is 6.42 Å². The molecule has 0 saturated heterocycles. The Balaban J connectivity index is 1.87. The van der Waals surface area contributed by atoms with E-state index in [4.69, 9.17) is 0 Å². The lowest BCUT2D eigenvalue weighted by molar-refractivity contribution is -0.138. The number of aromatic nitrogens is 1. The fraction of sp³-hybridized carbons (Fsp3) is 0.375. The van der Waals surface area contributed by atoms with Crippen LogP contribution >= 0.6 is 11.3 Å². The van der Waals surface area contributed by atoms with Crippen molar-refractivity contribution < 1.29 is 9.90 Å². The van der Waals surface area contributed by atoms with Gasteiger partial charge in [-0.15, -0.1) is 11.3 Å². The zero-order valence-corrected chi connectivity index (χ0v) is 13.0. The van der Waals surface area contributed by atoms with E-state index in [0.717, 1.165) is 34.2 Å². The van der Waals surface area contributed by atoms with Gasteiger partial charge < -0.3 is 10.0 Å². The van der Waals surface area contributed by atoms with E-state index in [1.165, 1.54) is 5.56 Å². The van der Waals surface area contributed by atoms with Crippen LogP contribution in [0.4, 0.5) is 10.8 Å². The van der Waals surface area contributed by atoms with Crippen molar-refractivity contribution in [1.29, 1.82) is 0 Å². The number of thiazole rings is 1. The highest BCUT2D eigenvalue weighted by molar-refractivity contribution is 7.15. The molecule has 0 amide bonds. The fourth-order valence-corrected chi connectivity index (χ4v) is 3.78. The molecule has 0 spiro atoms. The summed E-state index contributed by atoms with van der Waals surface area (Å²) >= 11 is 1.61. The van der Waals surface area contributed by atoms with E-state index in [1.807, 2.05) is 11.9 Å². The Morgan fingerprint density at radius 2 is 2.14 bits per heavy atom. The van der Waals surface area contributed by atoms with Gasteiger partial charge in [0.25, 0.3) is 0 Å². The lowest BCUT2D eigenvalue weighted by Gasteiger charge is -2.16. The number of carboxylic acid groups (broad SMARTS) is 1. The maximum Gasteiger partial charge on any atom is 0.312 e. The Labute approximate surface area is 128 Å². The SMILES string of the molecule is CCc1ccc(N(C)c2nc3c(s2)CCC3C(=O)O)cc1. The molecule has 4 nitrogen and oxygen atoms in total. The van der Waals surface area contributed by atoms with Crippen LogP contribution < -0.4 is 4.90 Å². The Morgan fingerprint density at radius 3 is 2.76 bits per heavy atom. The van der Waals surface area contributed by atoms with Gasteiger partial charge in [-0.3, -0.25) is 4.79 Å². The standard InChI is InChI=1S/C16H18N2O2S/c1-3-10-4-6-11(7-5-10)18(2)16-17-14-12(15(19)20)8-9-13(14)21-16/h4-7,12H,3,8-9H2,1-2H3,(H,19,20). The minimum absolute atomic E-state index is 0.430. The number of carboxylic acids is 1. The summed E-state index contributed by atoms with van der Waals surface area (Å²) in [7, 11) is 1.98. The van der Waals surface area contributed by atoms with Crippen LogP contribution in [0.5, 0.6) is 0 Å². The molecule has 0 bridgehead atoms. The van der Waals surface area contributed by atoms with Gasteiger partial charge in [-0.2, -0.15) is 0 Å². The van der Waals surface area contributed by atoms with Crippen molar-refractivity contribution in [2.45, 2.75) is 32.1 Å². The molecule has 110 valence electrons. The van der Waals surface area contributed by atoms with Crippen molar-refractivity contribution in [2.24, 2.45) is 0 Å². The van der Waals surface area contributed by atoms with Crippen LogP contribution in [-0.4, -0.2) is 23.1 Å². The van der Waals surface area contributed by atoms with Crippen LogP contribution in [0.3, 0.4) is 0 Å². The summed E-state index contributed by atoms with van der Waals surface area (Å²) in [5.74, 6) is -1.19. The van der Waals surface area contributed by atoms with E-state index in [9.17, 15) is 9.90 Å². The predicted molar refractivity (Wildman–Crippen MR) is 84.7 cm³/mol. The molecule has 1 aromatic heterocycles. The van der Waals surface area contributed by atoms with Crippen LogP contribution in [0, 0.1) is 0 Å². The number of carbonyl (C=O) groups is 1. The highest BCUT2D eigenvalue weighted by Gasteiger charge is 2.32. The third kappa shape index (κ3) is 2.53. The second-order valence-electron chi connectivity index (χ2n) is 5.31. The molecule has 0 radical (unpaired) electrons. The molecular formula is C16H18N2O2S. The maximum atomic E-state index is 11.2. The molecule has 0 saturated carbocycles. The Kier molecular flexibility index (Phi) is 3.68. The van der Waals surface area contributed by atoms with Crippen molar-refractivity contribution in [3.63, 3.8) is 0 Å². The van der Waals surface area contributed by atoms with E-state index in [1.54, 1.807) is 11.3 Å². The van der Waals surface area contributed by atoms with E-state index in [-0.39, 0.29) is 0 Å². The van der Waals surface area contributed by atoms with Gasteiger partial charge in [-0.1, -0.05) is 19.1 Å². The summed E-state index contributed by atoms with van der Waals surface area (Å²) in [6.07, 6.45) is 2.53. The fourth-order valence-electron chi connectivity index (χ4n) is 2.66. The number of anilines is 2. The van der Waals surface area contributed by atoms with Crippen molar-refractivity contribution in [3.05, 3.63) is 40.4 Å². The van der Waals surface area contributed by atoms with Crippen LogP contribution in [0.2, 0.25) is 0 Å². The molecule has 5 heteroatoms. The molecule has 1 aromatic carbocycles. The first-order chi connectivity index (χ1) is 10.1. The normalized spacial score (nSPS) is 16.8. The summed E-state index contributed by atoms with van der Waals surface area (Å²) in [6, 6.07) is 8.40. The smallest absolute Gasteiger partial charge is 0.312 e. The Hall–Kier alpha value is -1.88. The van der Waals surface area contributed by atoms with Gasteiger partial charge in [0.05, 0.1) is 5.69 Å². The molecule has 0 fully saturated rings. The van der Waals surface area contributed by atoms with Crippen LogP contribution in [0.1, 0.15) is 35.4 Å². The van der Waals surface area contributed by atoms with Gasteiger partial charge in [0, 0.05) is 17.6 Å². The minimum atomic E-state index is -0.763. The molecular weight excluding hydrogens is 284 g/mol. The summed E-state index contributed by atoms with van der Waals surface area (Å²) in [4.78, 5) is 19.0. The lowest BCUT2D eigenvalue weighted by atomic mass is 10.1. The summed E-state index contributed by atoms with van der Waals surface area (Å²) in [6.45, 7) is 2.14. The van der Waals surface area contributed by atoms with Gasteiger partial charge in [-0.05, 0) is 37.0 Å². The summed E-state index contributed by atoms with van der Waals surface area (Å²) in [5, 5.41) is 10.1. The zero-order chi connectivity index (χ0) is 15.0. The van der Waals surface area contributed by atoms with Crippen molar-refractivity contribution in [3.8, 4) is 0 Å². The monoisotopic (exact) mass is 302 g/mol. The molecule has 1 heterocycles. The molecule has 1 unspecified atom stereocenters. The van der Waals surface area contributed by atoms with E-state index in [2.05, 4.69) is 36.2 Å². The van der Waals surface area contributed by atoms with Gasteiger partial charge in [0.15, 0.2) is 5.13 Å². The first-order valence-corrected chi connectivity index (χ1v) is 7.97. The number of hydrogen-bond acceptors (Lipinski definition) is 4. The topological polar surface area (TPSA) is 53.4 Å². The molecule has 1 atom stereocenters. The highest BCUT2D eigenvalue weighted by atomic mass is 32.1. The van der Waals surface area contributed by atoms with Gasteiger partial charge in [0.2, 0.25) is 0 Å². The highest BCUT2D eigenvalue weighted by Crippen LogP contribution is 2.40. The van der Waals surface area contributed by atoms with Gasteiger partial charge >= 0.3 is 5.97 Å². The second kappa shape index (κ2) is 5.48. The maximum absolute atomic E-state index is 11.2. The third-order valence-electron chi connectivity index (χ3n) is 4.02. The first kappa shape index (κ1) is 14.1.